The Balaban J connectivity index is 2.03. The number of aromatic nitrogens is 3. The minimum absolute atomic E-state index is 0.389. The molecule has 0 spiro atoms. The number of rotatable bonds is 6. The lowest BCUT2D eigenvalue weighted by Gasteiger charge is -2.20. The van der Waals surface area contributed by atoms with E-state index in [1.165, 1.54) is 0 Å². The first kappa shape index (κ1) is 17.0. The molecule has 2 heterocycles. The van der Waals surface area contributed by atoms with Gasteiger partial charge in [0.05, 0.1) is 5.92 Å². The average Bonchev–Trinajstić information content (AvgIpc) is 3.03. The van der Waals surface area contributed by atoms with Crippen molar-refractivity contribution < 1.29 is 9.90 Å². The molecule has 3 aromatic rings. The van der Waals surface area contributed by atoms with Gasteiger partial charge in [0.2, 0.25) is 0 Å². The van der Waals surface area contributed by atoms with E-state index in [9.17, 15) is 9.90 Å². The molecule has 0 saturated heterocycles. The number of carboxylic acid groups (broad SMARTS) is 1. The van der Waals surface area contributed by atoms with Crippen LogP contribution in [0, 0.1) is 5.92 Å². The fourth-order valence-electron chi connectivity index (χ4n) is 3.03. The van der Waals surface area contributed by atoms with E-state index >= 15 is 0 Å². The second-order valence-corrected chi connectivity index (χ2v) is 6.36. The van der Waals surface area contributed by atoms with Crippen molar-refractivity contribution >= 4 is 22.8 Å². The van der Waals surface area contributed by atoms with Crippen molar-refractivity contribution in [1.82, 2.24) is 15.0 Å². The molecule has 6 heteroatoms. The molecule has 0 aliphatic rings. The standard InChI is InChI=1S/C19H22N4O2/c1-4-12(19(24)25)9-14-10-13(5-6-17(14)23(2)3)15-11-16-18(22-15)21-8-7-20-16/h5-8,10-12H,4,9H2,1-3H3,(H,21,22)(H,24,25). The maximum absolute atomic E-state index is 11.5. The molecule has 1 unspecified atom stereocenters. The first-order valence-corrected chi connectivity index (χ1v) is 8.32. The van der Waals surface area contributed by atoms with Crippen molar-refractivity contribution in [2.45, 2.75) is 19.8 Å². The van der Waals surface area contributed by atoms with Crippen LogP contribution < -0.4 is 4.90 Å². The Bertz CT molecular complexity index is 868. The Labute approximate surface area is 146 Å². The molecule has 3 rings (SSSR count). The third kappa shape index (κ3) is 3.47. The van der Waals surface area contributed by atoms with Gasteiger partial charge >= 0.3 is 5.97 Å². The van der Waals surface area contributed by atoms with Crippen LogP contribution in [0.1, 0.15) is 18.9 Å². The highest BCUT2D eigenvalue weighted by atomic mass is 16.4. The van der Waals surface area contributed by atoms with Crippen molar-refractivity contribution in [1.29, 1.82) is 0 Å². The molecular formula is C19H22N4O2. The molecule has 0 bridgehead atoms. The number of nitrogens with zero attached hydrogens (tertiary/aromatic N) is 3. The average molecular weight is 338 g/mol. The van der Waals surface area contributed by atoms with Crippen molar-refractivity contribution in [2.75, 3.05) is 19.0 Å². The number of carbonyl (C=O) groups is 1. The normalized spacial score (nSPS) is 12.3. The maximum Gasteiger partial charge on any atom is 0.306 e. The zero-order valence-corrected chi connectivity index (χ0v) is 14.7. The molecule has 0 amide bonds. The van der Waals surface area contributed by atoms with Gasteiger partial charge in [-0.3, -0.25) is 9.78 Å². The van der Waals surface area contributed by atoms with Gasteiger partial charge in [0.25, 0.3) is 0 Å². The number of aromatic amines is 1. The summed E-state index contributed by atoms with van der Waals surface area (Å²) >= 11 is 0. The van der Waals surface area contributed by atoms with Crippen LogP contribution in [0.5, 0.6) is 0 Å². The van der Waals surface area contributed by atoms with Gasteiger partial charge in [0.15, 0.2) is 5.65 Å². The number of hydrogen-bond donors (Lipinski definition) is 2. The highest BCUT2D eigenvalue weighted by Gasteiger charge is 2.19. The molecule has 2 aromatic heterocycles. The molecule has 1 aromatic carbocycles. The van der Waals surface area contributed by atoms with E-state index in [4.69, 9.17) is 0 Å². The summed E-state index contributed by atoms with van der Waals surface area (Å²) < 4.78 is 0. The van der Waals surface area contributed by atoms with E-state index in [0.29, 0.717) is 12.8 Å². The Hall–Kier alpha value is -2.89. The number of carboxylic acids is 1. The topological polar surface area (TPSA) is 82.1 Å². The van der Waals surface area contributed by atoms with E-state index in [1.54, 1.807) is 12.4 Å². The molecule has 0 aliphatic heterocycles. The molecule has 1 atom stereocenters. The summed E-state index contributed by atoms with van der Waals surface area (Å²) in [5, 5.41) is 9.41. The van der Waals surface area contributed by atoms with Crippen molar-refractivity contribution in [2.24, 2.45) is 5.92 Å². The van der Waals surface area contributed by atoms with Gasteiger partial charge in [-0.2, -0.15) is 0 Å². The van der Waals surface area contributed by atoms with E-state index in [2.05, 4.69) is 21.0 Å². The molecule has 130 valence electrons. The van der Waals surface area contributed by atoms with Crippen LogP contribution in [0.4, 0.5) is 5.69 Å². The fraction of sp³-hybridized carbons (Fsp3) is 0.316. The maximum atomic E-state index is 11.5. The van der Waals surface area contributed by atoms with E-state index in [1.807, 2.05) is 44.1 Å². The molecular weight excluding hydrogens is 316 g/mol. The predicted octanol–water partition coefficient (Wildman–Crippen LogP) is 3.34. The Morgan fingerprint density at radius 1 is 1.24 bits per heavy atom. The summed E-state index contributed by atoms with van der Waals surface area (Å²) in [5.74, 6) is -1.14. The van der Waals surface area contributed by atoms with Crippen LogP contribution in [0.2, 0.25) is 0 Å². The van der Waals surface area contributed by atoms with Crippen LogP contribution in [0.3, 0.4) is 0 Å². The summed E-state index contributed by atoms with van der Waals surface area (Å²) in [6.07, 6.45) is 4.43. The lowest BCUT2D eigenvalue weighted by atomic mass is 9.94. The Morgan fingerprint density at radius 3 is 2.64 bits per heavy atom. The molecule has 2 N–H and O–H groups in total. The van der Waals surface area contributed by atoms with Gasteiger partial charge in [-0.1, -0.05) is 13.0 Å². The van der Waals surface area contributed by atoms with E-state index in [-0.39, 0.29) is 5.92 Å². The van der Waals surface area contributed by atoms with Gasteiger partial charge in [-0.25, -0.2) is 4.98 Å². The minimum atomic E-state index is -0.753. The minimum Gasteiger partial charge on any atom is -0.481 e. The zero-order chi connectivity index (χ0) is 18.0. The summed E-state index contributed by atoms with van der Waals surface area (Å²) in [6, 6.07) is 8.09. The summed E-state index contributed by atoms with van der Waals surface area (Å²) in [5.41, 5.74) is 5.55. The lowest BCUT2D eigenvalue weighted by molar-refractivity contribution is -0.141. The van der Waals surface area contributed by atoms with Gasteiger partial charge in [0, 0.05) is 37.9 Å². The van der Waals surface area contributed by atoms with Crippen LogP contribution in [-0.4, -0.2) is 40.1 Å². The first-order chi connectivity index (χ1) is 12.0. The van der Waals surface area contributed by atoms with Gasteiger partial charge < -0.3 is 15.0 Å². The second kappa shape index (κ2) is 6.93. The summed E-state index contributed by atoms with van der Waals surface area (Å²) in [7, 11) is 3.94. The lowest BCUT2D eigenvalue weighted by Crippen LogP contribution is -2.18. The molecule has 0 aliphatic carbocycles. The molecule has 0 radical (unpaired) electrons. The molecule has 0 saturated carbocycles. The van der Waals surface area contributed by atoms with Crippen LogP contribution in [0.15, 0.2) is 36.7 Å². The number of fused-ring (bicyclic) bond motifs is 1. The highest BCUT2D eigenvalue weighted by Crippen LogP contribution is 2.30. The van der Waals surface area contributed by atoms with E-state index < -0.39 is 5.97 Å². The molecule has 25 heavy (non-hydrogen) atoms. The number of hydrogen-bond acceptors (Lipinski definition) is 4. The van der Waals surface area contributed by atoms with Crippen molar-refractivity contribution in [3.8, 4) is 11.3 Å². The van der Waals surface area contributed by atoms with Crippen LogP contribution in [-0.2, 0) is 11.2 Å². The van der Waals surface area contributed by atoms with Crippen LogP contribution >= 0.6 is 0 Å². The monoisotopic (exact) mass is 338 g/mol. The highest BCUT2D eigenvalue weighted by molar-refractivity contribution is 5.80. The van der Waals surface area contributed by atoms with Gasteiger partial charge in [-0.15, -0.1) is 0 Å². The molecule has 0 fully saturated rings. The van der Waals surface area contributed by atoms with E-state index in [0.717, 1.165) is 33.7 Å². The number of H-pyrrole nitrogens is 1. The largest absolute Gasteiger partial charge is 0.481 e. The SMILES string of the molecule is CCC(Cc1cc(-c2cc3nccnc3[nH]2)ccc1N(C)C)C(=O)O. The smallest absolute Gasteiger partial charge is 0.306 e. The second-order valence-electron chi connectivity index (χ2n) is 6.36. The van der Waals surface area contributed by atoms with Gasteiger partial charge in [0.1, 0.15) is 5.52 Å². The molecule has 6 nitrogen and oxygen atoms in total. The van der Waals surface area contributed by atoms with Crippen molar-refractivity contribution in [3.63, 3.8) is 0 Å². The predicted molar refractivity (Wildman–Crippen MR) is 98.8 cm³/mol. The Morgan fingerprint density at radius 2 is 2.00 bits per heavy atom. The summed E-state index contributed by atoms with van der Waals surface area (Å²) in [4.78, 5) is 25.3. The number of benzene rings is 1. The van der Waals surface area contributed by atoms with Gasteiger partial charge in [-0.05, 0) is 42.2 Å². The number of anilines is 1. The van der Waals surface area contributed by atoms with Crippen molar-refractivity contribution in [3.05, 3.63) is 42.2 Å². The van der Waals surface area contributed by atoms with Crippen LogP contribution in [0.25, 0.3) is 22.4 Å². The summed E-state index contributed by atoms with van der Waals surface area (Å²) in [6.45, 7) is 1.91. The Kier molecular flexibility index (Phi) is 4.70. The number of nitrogens with one attached hydrogen (secondary N) is 1. The fourth-order valence-corrected chi connectivity index (χ4v) is 3.03. The quantitative estimate of drug-likeness (QED) is 0.720. The number of aliphatic carboxylic acids is 1. The third-order valence-corrected chi connectivity index (χ3v) is 4.44. The zero-order valence-electron chi connectivity index (χ0n) is 14.7. The first-order valence-electron chi connectivity index (χ1n) is 8.32. The third-order valence-electron chi connectivity index (χ3n) is 4.44.